The minimum atomic E-state index is -3.72. The highest BCUT2D eigenvalue weighted by Crippen LogP contribution is 2.32. The van der Waals surface area contributed by atoms with Gasteiger partial charge in [0, 0.05) is 30.1 Å². The van der Waals surface area contributed by atoms with Gasteiger partial charge < -0.3 is 4.90 Å². The van der Waals surface area contributed by atoms with E-state index < -0.39 is 20.4 Å². The van der Waals surface area contributed by atoms with Crippen LogP contribution in [0.1, 0.15) is 18.5 Å². The summed E-state index contributed by atoms with van der Waals surface area (Å²) in [6.45, 7) is 1.94. The molecule has 0 spiro atoms. The molecule has 24 heavy (non-hydrogen) atoms. The Bertz CT molecular complexity index is 883. The topological polar surface area (TPSA) is 80.5 Å². The Labute approximate surface area is 145 Å². The number of hydrogen-bond donors (Lipinski definition) is 0. The highest BCUT2D eigenvalue weighted by molar-refractivity contribution is 7.90. The van der Waals surface area contributed by atoms with Crippen molar-refractivity contribution in [3.8, 4) is 0 Å². The van der Waals surface area contributed by atoms with E-state index in [0.29, 0.717) is 10.7 Å². The standard InChI is InChI=1S/C16H17ClN2O4S/c1-11(12-5-4-6-13(17)9-12)18(2)14-7-8-15(19(20)21)16(10-14)24(3,22)23/h4-11H,1-3H3. The number of hydrogen-bond acceptors (Lipinski definition) is 5. The first-order chi connectivity index (χ1) is 11.1. The Kier molecular flexibility index (Phi) is 5.15. The summed E-state index contributed by atoms with van der Waals surface area (Å²) in [6, 6.07) is 11.3. The summed E-state index contributed by atoms with van der Waals surface area (Å²) in [5.74, 6) is 0. The summed E-state index contributed by atoms with van der Waals surface area (Å²) in [5, 5.41) is 11.7. The molecule has 0 aliphatic heterocycles. The third kappa shape index (κ3) is 3.85. The molecular formula is C16H17ClN2O4S. The maximum Gasteiger partial charge on any atom is 0.288 e. The van der Waals surface area contributed by atoms with Gasteiger partial charge in [-0.2, -0.15) is 0 Å². The summed E-state index contributed by atoms with van der Waals surface area (Å²) in [7, 11) is -1.93. The highest BCUT2D eigenvalue weighted by atomic mass is 35.5. The van der Waals surface area contributed by atoms with E-state index >= 15 is 0 Å². The van der Waals surface area contributed by atoms with E-state index in [0.717, 1.165) is 11.8 Å². The summed E-state index contributed by atoms with van der Waals surface area (Å²) < 4.78 is 23.8. The second-order valence-electron chi connectivity index (χ2n) is 5.52. The zero-order valence-corrected chi connectivity index (χ0v) is 15.0. The average molecular weight is 369 g/mol. The maximum atomic E-state index is 11.9. The molecule has 1 unspecified atom stereocenters. The van der Waals surface area contributed by atoms with Crippen molar-refractivity contribution in [2.45, 2.75) is 17.9 Å². The number of nitro groups is 1. The van der Waals surface area contributed by atoms with Crippen LogP contribution in [0.25, 0.3) is 0 Å². The van der Waals surface area contributed by atoms with Crippen molar-refractivity contribution in [3.63, 3.8) is 0 Å². The Balaban J connectivity index is 2.47. The van der Waals surface area contributed by atoms with Crippen LogP contribution in [0.4, 0.5) is 11.4 Å². The number of benzene rings is 2. The van der Waals surface area contributed by atoms with Crippen LogP contribution in [0.15, 0.2) is 47.4 Å². The van der Waals surface area contributed by atoms with Crippen molar-refractivity contribution in [2.75, 3.05) is 18.2 Å². The van der Waals surface area contributed by atoms with Gasteiger partial charge in [0.15, 0.2) is 9.84 Å². The van der Waals surface area contributed by atoms with E-state index in [9.17, 15) is 18.5 Å². The SMILES string of the molecule is CC(c1cccc(Cl)c1)N(C)c1ccc([N+](=O)[O-])c(S(C)(=O)=O)c1. The van der Waals surface area contributed by atoms with Crippen molar-refractivity contribution in [1.29, 1.82) is 0 Å². The zero-order valence-electron chi connectivity index (χ0n) is 13.4. The minimum Gasteiger partial charge on any atom is -0.368 e. The predicted molar refractivity (Wildman–Crippen MR) is 94.5 cm³/mol. The first-order valence-electron chi connectivity index (χ1n) is 7.08. The lowest BCUT2D eigenvalue weighted by Crippen LogP contribution is -2.22. The van der Waals surface area contributed by atoms with Gasteiger partial charge in [0.05, 0.1) is 11.0 Å². The summed E-state index contributed by atoms with van der Waals surface area (Å²) in [5.41, 5.74) is 1.09. The number of sulfone groups is 1. The molecule has 0 saturated carbocycles. The minimum absolute atomic E-state index is 0.0995. The molecule has 2 rings (SSSR count). The van der Waals surface area contributed by atoms with E-state index in [4.69, 9.17) is 11.6 Å². The van der Waals surface area contributed by atoms with E-state index in [-0.39, 0.29) is 10.9 Å². The number of rotatable bonds is 5. The number of halogens is 1. The van der Waals surface area contributed by atoms with Crippen molar-refractivity contribution in [1.82, 2.24) is 0 Å². The van der Waals surface area contributed by atoms with Gasteiger partial charge in [-0.1, -0.05) is 23.7 Å². The molecule has 0 bridgehead atoms. The van der Waals surface area contributed by atoms with Crippen molar-refractivity contribution < 1.29 is 13.3 Å². The second kappa shape index (κ2) is 6.78. The molecule has 128 valence electrons. The number of anilines is 1. The van der Waals surface area contributed by atoms with Crippen LogP contribution < -0.4 is 4.90 Å². The quantitative estimate of drug-likeness (QED) is 0.591. The summed E-state index contributed by atoms with van der Waals surface area (Å²) in [4.78, 5) is 11.9. The van der Waals surface area contributed by atoms with Crippen molar-refractivity contribution in [3.05, 3.63) is 63.2 Å². The molecule has 0 heterocycles. The van der Waals surface area contributed by atoms with Crippen LogP contribution in [0.5, 0.6) is 0 Å². The van der Waals surface area contributed by atoms with Gasteiger partial charge in [-0.15, -0.1) is 0 Å². The first-order valence-corrected chi connectivity index (χ1v) is 9.35. The number of nitro benzene ring substituents is 1. The molecule has 0 saturated heterocycles. The van der Waals surface area contributed by atoms with E-state index in [1.165, 1.54) is 18.2 Å². The van der Waals surface area contributed by atoms with Gasteiger partial charge in [-0.25, -0.2) is 8.42 Å². The lowest BCUT2D eigenvalue weighted by atomic mass is 10.1. The molecule has 0 fully saturated rings. The molecule has 0 radical (unpaired) electrons. The molecule has 2 aromatic rings. The summed E-state index contributed by atoms with van der Waals surface area (Å²) >= 11 is 6.01. The fourth-order valence-electron chi connectivity index (χ4n) is 2.38. The Morgan fingerprint density at radius 2 is 1.88 bits per heavy atom. The lowest BCUT2D eigenvalue weighted by Gasteiger charge is -2.28. The third-order valence-corrected chi connectivity index (χ3v) is 5.22. The molecule has 8 heteroatoms. The second-order valence-corrected chi connectivity index (χ2v) is 7.94. The molecule has 0 aliphatic rings. The molecular weight excluding hydrogens is 352 g/mol. The van der Waals surface area contributed by atoms with E-state index in [1.807, 2.05) is 30.0 Å². The molecule has 2 aromatic carbocycles. The van der Waals surface area contributed by atoms with Crippen LogP contribution in [-0.2, 0) is 9.84 Å². The molecule has 6 nitrogen and oxygen atoms in total. The van der Waals surface area contributed by atoms with Gasteiger partial charge >= 0.3 is 0 Å². The van der Waals surface area contributed by atoms with Crippen molar-refractivity contribution >= 4 is 32.8 Å². The largest absolute Gasteiger partial charge is 0.368 e. The molecule has 1 atom stereocenters. The van der Waals surface area contributed by atoms with Crippen LogP contribution in [0.2, 0.25) is 5.02 Å². The molecule has 0 amide bonds. The van der Waals surface area contributed by atoms with Gasteiger partial charge in [0.25, 0.3) is 5.69 Å². The average Bonchev–Trinajstić information content (AvgIpc) is 2.52. The van der Waals surface area contributed by atoms with Crippen LogP contribution in [-0.4, -0.2) is 26.6 Å². The van der Waals surface area contributed by atoms with Gasteiger partial charge in [0.1, 0.15) is 4.90 Å². The van der Waals surface area contributed by atoms with E-state index in [2.05, 4.69) is 0 Å². The highest BCUT2D eigenvalue weighted by Gasteiger charge is 2.24. The smallest absolute Gasteiger partial charge is 0.288 e. The van der Waals surface area contributed by atoms with Gasteiger partial charge in [-0.3, -0.25) is 10.1 Å². The van der Waals surface area contributed by atoms with E-state index in [1.54, 1.807) is 13.1 Å². The third-order valence-electron chi connectivity index (χ3n) is 3.86. The summed E-state index contributed by atoms with van der Waals surface area (Å²) in [6.07, 6.45) is 0.958. The monoisotopic (exact) mass is 368 g/mol. The Morgan fingerprint density at radius 3 is 2.42 bits per heavy atom. The van der Waals surface area contributed by atoms with Crippen LogP contribution in [0.3, 0.4) is 0 Å². The number of nitrogens with zero attached hydrogens (tertiary/aromatic N) is 2. The molecule has 0 aliphatic carbocycles. The predicted octanol–water partition coefficient (Wildman–Crippen LogP) is 3.85. The van der Waals surface area contributed by atoms with Crippen LogP contribution in [0, 0.1) is 10.1 Å². The first kappa shape index (κ1) is 18.2. The van der Waals surface area contributed by atoms with Crippen LogP contribution >= 0.6 is 11.6 Å². The zero-order chi connectivity index (χ0) is 18.1. The fraction of sp³-hybridized carbons (Fsp3) is 0.250. The fourth-order valence-corrected chi connectivity index (χ4v) is 3.44. The molecule has 0 aromatic heterocycles. The van der Waals surface area contributed by atoms with Gasteiger partial charge in [-0.05, 0) is 36.8 Å². The lowest BCUT2D eigenvalue weighted by molar-refractivity contribution is -0.387. The normalized spacial score (nSPS) is 12.7. The van der Waals surface area contributed by atoms with Gasteiger partial charge in [0.2, 0.25) is 0 Å². The van der Waals surface area contributed by atoms with Crippen molar-refractivity contribution in [2.24, 2.45) is 0 Å². The molecule has 0 N–H and O–H groups in total. The Morgan fingerprint density at radius 1 is 1.21 bits per heavy atom. The Hall–Kier alpha value is -2.12. The maximum absolute atomic E-state index is 11.9.